The maximum Gasteiger partial charge on any atom is 0.268 e. The van der Waals surface area contributed by atoms with Crippen LogP contribution in [0.5, 0.6) is 11.5 Å². The van der Waals surface area contributed by atoms with Crippen LogP contribution < -0.4 is 9.47 Å². The van der Waals surface area contributed by atoms with Crippen LogP contribution in [0.1, 0.15) is 32.3 Å². The summed E-state index contributed by atoms with van der Waals surface area (Å²) >= 11 is 1.45. The van der Waals surface area contributed by atoms with Gasteiger partial charge in [-0.1, -0.05) is 6.07 Å². The van der Waals surface area contributed by atoms with Gasteiger partial charge in [0.15, 0.2) is 17.3 Å². The fourth-order valence-electron chi connectivity index (χ4n) is 4.40. The number of fused-ring (bicyclic) bond motifs is 1. The average Bonchev–Trinajstić information content (AvgIpc) is 3.43. The molecule has 9 heteroatoms. The minimum absolute atomic E-state index is 0.161. The summed E-state index contributed by atoms with van der Waals surface area (Å²) < 4.78 is 23.1. The number of allylic oxidation sites excluding steroid dienone is 1. The SMILES string of the molecule is CCOc1ccc(C2=CSC3C(=O)N=C(N4CCC5(CC4)OCCO5)N=C23)cc1OCC. The number of hydrogen-bond donors (Lipinski definition) is 0. The Morgan fingerprint density at radius 2 is 1.81 bits per heavy atom. The first-order valence-electron chi connectivity index (χ1n) is 11.1. The van der Waals surface area contributed by atoms with E-state index in [-0.39, 0.29) is 5.91 Å². The maximum absolute atomic E-state index is 12.8. The highest BCUT2D eigenvalue weighted by Crippen LogP contribution is 2.40. The Morgan fingerprint density at radius 1 is 1.09 bits per heavy atom. The number of benzene rings is 1. The predicted molar refractivity (Wildman–Crippen MR) is 123 cm³/mol. The summed E-state index contributed by atoms with van der Waals surface area (Å²) in [5.41, 5.74) is 2.64. The van der Waals surface area contributed by atoms with E-state index in [9.17, 15) is 4.79 Å². The lowest BCUT2D eigenvalue weighted by Crippen LogP contribution is -2.48. The molecule has 170 valence electrons. The molecule has 4 heterocycles. The standard InChI is InChI=1S/C23H27N3O5S/c1-3-28-17-6-5-15(13-18(17)29-4-2)16-14-32-20-19(16)24-22(25-21(20)27)26-9-7-23(8-10-26)30-11-12-31-23/h5-6,13-14,20H,3-4,7-12H2,1-2H3. The van der Waals surface area contributed by atoms with Crippen molar-refractivity contribution in [1.82, 2.24) is 4.90 Å². The van der Waals surface area contributed by atoms with Crippen molar-refractivity contribution >= 4 is 34.9 Å². The van der Waals surface area contributed by atoms with Crippen molar-refractivity contribution in [2.75, 3.05) is 39.5 Å². The topological polar surface area (TPSA) is 82.0 Å². The normalized spacial score (nSPS) is 24.2. The van der Waals surface area contributed by atoms with E-state index in [4.69, 9.17) is 23.9 Å². The zero-order valence-electron chi connectivity index (χ0n) is 18.3. The predicted octanol–water partition coefficient (Wildman–Crippen LogP) is 3.12. The second kappa shape index (κ2) is 8.88. The highest BCUT2D eigenvalue weighted by atomic mass is 32.2. The number of guanidine groups is 1. The van der Waals surface area contributed by atoms with E-state index in [0.717, 1.165) is 29.7 Å². The summed E-state index contributed by atoms with van der Waals surface area (Å²) in [7, 11) is 0. The number of hydrogen-bond acceptors (Lipinski definition) is 8. The van der Waals surface area contributed by atoms with Gasteiger partial charge in [-0.25, -0.2) is 4.99 Å². The van der Waals surface area contributed by atoms with E-state index in [1.807, 2.05) is 37.5 Å². The van der Waals surface area contributed by atoms with Gasteiger partial charge >= 0.3 is 0 Å². The summed E-state index contributed by atoms with van der Waals surface area (Å²) in [4.78, 5) is 24.0. The molecule has 1 spiro atoms. The smallest absolute Gasteiger partial charge is 0.268 e. The van der Waals surface area contributed by atoms with Crippen molar-refractivity contribution in [2.24, 2.45) is 9.98 Å². The van der Waals surface area contributed by atoms with Crippen LogP contribution in [0, 0.1) is 0 Å². The molecule has 0 saturated carbocycles. The molecule has 5 rings (SSSR count). The molecule has 0 bridgehead atoms. The summed E-state index contributed by atoms with van der Waals surface area (Å²) in [5.74, 6) is 1.25. The van der Waals surface area contributed by atoms with E-state index in [2.05, 4.69) is 9.89 Å². The first-order chi connectivity index (χ1) is 15.6. The number of carbonyl (C=O) groups is 1. The molecule has 0 N–H and O–H groups in total. The average molecular weight is 458 g/mol. The summed E-state index contributed by atoms with van der Waals surface area (Å²) in [6.07, 6.45) is 1.48. The molecule has 32 heavy (non-hydrogen) atoms. The number of likely N-dealkylation sites (tertiary alicyclic amines) is 1. The van der Waals surface area contributed by atoms with Gasteiger partial charge in [0.25, 0.3) is 5.91 Å². The van der Waals surface area contributed by atoms with Gasteiger partial charge < -0.3 is 23.8 Å². The van der Waals surface area contributed by atoms with Crippen molar-refractivity contribution in [3.63, 3.8) is 0 Å². The Hall–Kier alpha value is -2.36. The number of thioether (sulfide) groups is 1. The van der Waals surface area contributed by atoms with Gasteiger partial charge in [-0.2, -0.15) is 4.99 Å². The van der Waals surface area contributed by atoms with Crippen LogP contribution in [-0.2, 0) is 14.3 Å². The number of aliphatic imine (C=N–C) groups is 2. The molecule has 2 fully saturated rings. The Balaban J connectivity index is 1.39. The van der Waals surface area contributed by atoms with Crippen molar-refractivity contribution in [3.05, 3.63) is 29.2 Å². The molecule has 0 radical (unpaired) electrons. The number of piperidine rings is 1. The number of ether oxygens (including phenoxy) is 4. The Morgan fingerprint density at radius 3 is 2.53 bits per heavy atom. The third kappa shape index (κ3) is 3.93. The number of nitrogens with zero attached hydrogens (tertiary/aromatic N) is 3. The lowest BCUT2D eigenvalue weighted by Gasteiger charge is -2.38. The monoisotopic (exact) mass is 457 g/mol. The van der Waals surface area contributed by atoms with Crippen molar-refractivity contribution < 1.29 is 23.7 Å². The quantitative estimate of drug-likeness (QED) is 0.672. The van der Waals surface area contributed by atoms with Gasteiger partial charge in [-0.05, 0) is 37.0 Å². The van der Waals surface area contributed by atoms with E-state index >= 15 is 0 Å². The summed E-state index contributed by atoms with van der Waals surface area (Å²) in [6.45, 7) is 7.66. The van der Waals surface area contributed by atoms with Crippen LogP contribution in [-0.4, -0.2) is 73.0 Å². The minimum Gasteiger partial charge on any atom is -0.490 e. The number of carbonyl (C=O) groups excluding carboxylic acids is 1. The molecule has 1 amide bonds. The second-order valence-corrected chi connectivity index (χ2v) is 8.90. The Labute approximate surface area is 191 Å². The first-order valence-corrected chi connectivity index (χ1v) is 12.1. The van der Waals surface area contributed by atoms with Gasteiger partial charge in [0.05, 0.1) is 32.1 Å². The molecular weight excluding hydrogens is 430 g/mol. The number of amides is 1. The molecule has 4 aliphatic rings. The minimum atomic E-state index is -0.475. The molecule has 1 unspecified atom stereocenters. The van der Waals surface area contributed by atoms with E-state index in [1.54, 1.807) is 0 Å². The second-order valence-electron chi connectivity index (χ2n) is 7.92. The van der Waals surface area contributed by atoms with Crippen LogP contribution in [0.2, 0.25) is 0 Å². The third-order valence-electron chi connectivity index (χ3n) is 5.98. The summed E-state index contributed by atoms with van der Waals surface area (Å²) in [5, 5.41) is 1.60. The van der Waals surface area contributed by atoms with Crippen LogP contribution >= 0.6 is 11.8 Å². The summed E-state index contributed by atoms with van der Waals surface area (Å²) in [6, 6.07) is 5.86. The van der Waals surface area contributed by atoms with Crippen LogP contribution in [0.3, 0.4) is 0 Å². The lowest BCUT2D eigenvalue weighted by atomic mass is 9.99. The third-order valence-corrected chi connectivity index (χ3v) is 7.05. The highest BCUT2D eigenvalue weighted by molar-refractivity contribution is 8.05. The number of rotatable bonds is 5. The Kier molecular flexibility index (Phi) is 5.96. The van der Waals surface area contributed by atoms with Crippen LogP contribution in [0.25, 0.3) is 5.57 Å². The lowest BCUT2D eigenvalue weighted by molar-refractivity contribution is -0.180. The fraction of sp³-hybridized carbons (Fsp3) is 0.522. The molecule has 1 atom stereocenters. The van der Waals surface area contributed by atoms with Gasteiger partial charge in [-0.3, -0.25) is 4.79 Å². The fourth-order valence-corrected chi connectivity index (χ4v) is 5.40. The van der Waals surface area contributed by atoms with E-state index in [1.165, 1.54) is 11.8 Å². The highest BCUT2D eigenvalue weighted by Gasteiger charge is 2.42. The van der Waals surface area contributed by atoms with Crippen LogP contribution in [0.4, 0.5) is 0 Å². The van der Waals surface area contributed by atoms with Crippen molar-refractivity contribution in [2.45, 2.75) is 37.7 Å². The van der Waals surface area contributed by atoms with E-state index in [0.29, 0.717) is 57.0 Å². The largest absolute Gasteiger partial charge is 0.490 e. The molecule has 0 aromatic heterocycles. The van der Waals surface area contributed by atoms with Gasteiger partial charge in [0, 0.05) is 31.5 Å². The van der Waals surface area contributed by atoms with Crippen molar-refractivity contribution in [1.29, 1.82) is 0 Å². The first kappa shape index (κ1) is 21.5. The van der Waals surface area contributed by atoms with Crippen LogP contribution in [0.15, 0.2) is 33.6 Å². The van der Waals surface area contributed by atoms with Gasteiger partial charge in [-0.15, -0.1) is 11.8 Å². The van der Waals surface area contributed by atoms with Gasteiger partial charge in [0.1, 0.15) is 5.25 Å². The molecule has 0 aliphatic carbocycles. The molecule has 1 aromatic rings. The van der Waals surface area contributed by atoms with Crippen molar-refractivity contribution in [3.8, 4) is 11.5 Å². The molecule has 4 aliphatic heterocycles. The molecular formula is C23H27N3O5S. The maximum atomic E-state index is 12.8. The molecule has 8 nitrogen and oxygen atoms in total. The van der Waals surface area contributed by atoms with Gasteiger partial charge in [0.2, 0.25) is 5.96 Å². The zero-order chi connectivity index (χ0) is 22.1. The van der Waals surface area contributed by atoms with E-state index < -0.39 is 11.0 Å². The zero-order valence-corrected chi connectivity index (χ0v) is 19.2. The molecule has 2 saturated heterocycles. The molecule has 1 aromatic carbocycles. The Bertz CT molecular complexity index is 989.